The summed E-state index contributed by atoms with van der Waals surface area (Å²) in [6, 6.07) is 30.0. The van der Waals surface area contributed by atoms with Crippen molar-refractivity contribution in [3.8, 4) is 0 Å². The van der Waals surface area contributed by atoms with Crippen molar-refractivity contribution < 1.29 is 26.3 Å². The Morgan fingerprint density at radius 3 is 1.20 bits per heavy atom. The number of hydrogen-bond acceptors (Lipinski definition) is 0. The molecule has 0 saturated heterocycles. The fourth-order valence-electron chi connectivity index (χ4n) is 6.28. The molecule has 0 heterocycles. The van der Waals surface area contributed by atoms with Gasteiger partial charge in [0.2, 0.25) is 0 Å². The van der Waals surface area contributed by atoms with Crippen molar-refractivity contribution in [2.75, 3.05) is 14.1 Å². The second-order valence-electron chi connectivity index (χ2n) is 11.8. The average molecular weight is 620 g/mol. The predicted octanol–water partition coefficient (Wildman–Crippen LogP) is 8.25. The van der Waals surface area contributed by atoms with E-state index in [4.69, 9.17) is 0 Å². The molecule has 0 N–H and O–H groups in total. The quantitative estimate of drug-likeness (QED) is 0.0886. The van der Waals surface area contributed by atoms with Gasteiger partial charge in [-0.2, -0.15) is 6.32 Å². The van der Waals surface area contributed by atoms with Gasteiger partial charge in [-0.25, -0.2) is 26.3 Å². The van der Waals surface area contributed by atoms with Crippen LogP contribution < -0.4 is 20.9 Å². The third-order valence-electron chi connectivity index (χ3n) is 8.34. The Hall–Kier alpha value is -4.30. The largest absolute Gasteiger partial charge is 0.292 e. The van der Waals surface area contributed by atoms with Crippen LogP contribution in [0, 0.1) is 34.9 Å². The molecular weight excluding hydrogens is 583 g/mol. The van der Waals surface area contributed by atoms with Gasteiger partial charge in [-0.3, -0.25) is 4.48 Å². The van der Waals surface area contributed by atoms with Crippen LogP contribution in [-0.2, 0) is 6.54 Å². The molecule has 234 valence electrons. The molecule has 0 atom stereocenters. The zero-order valence-corrected chi connectivity index (χ0v) is 25.6. The average Bonchev–Trinajstić information content (AvgIpc) is 3.00. The first-order valence-corrected chi connectivity index (χ1v) is 15.0. The highest BCUT2D eigenvalue weighted by Crippen LogP contribution is 2.24. The van der Waals surface area contributed by atoms with Gasteiger partial charge in [0.05, 0.1) is 49.0 Å². The lowest BCUT2D eigenvalue weighted by Gasteiger charge is -2.43. The molecule has 0 aliphatic carbocycles. The van der Waals surface area contributed by atoms with E-state index in [-0.39, 0.29) is 12.7 Å². The van der Waals surface area contributed by atoms with Crippen molar-refractivity contribution in [2.24, 2.45) is 0 Å². The lowest BCUT2D eigenvalue weighted by molar-refractivity contribution is 0.392. The van der Waals surface area contributed by atoms with E-state index in [1.807, 2.05) is 0 Å². The highest BCUT2D eigenvalue weighted by Gasteiger charge is 2.41. The minimum absolute atomic E-state index is 0.231. The molecule has 8 heteroatoms. The summed E-state index contributed by atoms with van der Waals surface area (Å²) in [6.07, 6.45) is -2.85. The zero-order valence-electron chi connectivity index (χ0n) is 25.6. The number of benzene rings is 5. The SMILES string of the molecule is CCCC[B-](c1c(F)cccc1F)(c1c(F)cccc1F)c1c(F)cccc1F.C[N+](C)(Cc1ccccc1)c1ccccc1. The molecule has 0 aromatic heterocycles. The molecule has 0 amide bonds. The third-order valence-corrected chi connectivity index (χ3v) is 8.34. The van der Waals surface area contributed by atoms with E-state index in [1.165, 1.54) is 11.3 Å². The van der Waals surface area contributed by atoms with E-state index in [2.05, 4.69) is 74.8 Å². The first-order chi connectivity index (χ1) is 21.5. The Morgan fingerprint density at radius 1 is 0.489 bits per heavy atom. The number of hydrogen-bond donors (Lipinski definition) is 0. The number of quaternary nitrogens is 1. The lowest BCUT2D eigenvalue weighted by atomic mass is 9.13. The van der Waals surface area contributed by atoms with E-state index < -0.39 is 57.4 Å². The standard InChI is InChI=1S/C22H18BF6.C15H18N/c1-2-3-13-23(20-14(24)7-4-8-15(20)25,21-16(26)9-5-10-17(21)27)22-18(28)11-6-12-19(22)29;1-16(2,15-11-7-4-8-12-15)13-14-9-5-3-6-10-14/h4-12H,2-3,13H2,1H3;3-12H,13H2,1-2H3/q-1;+1. The Bertz CT molecular complexity index is 1520. The van der Waals surface area contributed by atoms with E-state index in [0.29, 0.717) is 6.42 Å². The van der Waals surface area contributed by atoms with Crippen LogP contribution in [-0.4, -0.2) is 20.2 Å². The van der Waals surface area contributed by atoms with Gasteiger partial charge < -0.3 is 0 Å². The van der Waals surface area contributed by atoms with Crippen LogP contribution in [0.3, 0.4) is 0 Å². The molecule has 45 heavy (non-hydrogen) atoms. The topological polar surface area (TPSA) is 0 Å². The first kappa shape index (κ1) is 33.6. The summed E-state index contributed by atoms with van der Waals surface area (Å²) in [6.45, 7) is 2.78. The van der Waals surface area contributed by atoms with E-state index >= 15 is 0 Å². The lowest BCUT2D eigenvalue weighted by Crippen LogP contribution is -2.72. The maximum absolute atomic E-state index is 15.0. The van der Waals surface area contributed by atoms with Gasteiger partial charge >= 0.3 is 0 Å². The van der Waals surface area contributed by atoms with Crippen molar-refractivity contribution in [2.45, 2.75) is 32.6 Å². The molecule has 0 fully saturated rings. The summed E-state index contributed by atoms with van der Waals surface area (Å²) in [5, 5.41) is 0. The summed E-state index contributed by atoms with van der Waals surface area (Å²) in [5.41, 5.74) is 0.527. The van der Waals surface area contributed by atoms with Gasteiger partial charge in [-0.05, 0) is 48.5 Å². The molecule has 5 aromatic rings. The Labute approximate surface area is 261 Å². The number of nitrogens with zero attached hydrogens (tertiary/aromatic N) is 1. The van der Waals surface area contributed by atoms with E-state index in [0.717, 1.165) is 65.6 Å². The summed E-state index contributed by atoms with van der Waals surface area (Å²) < 4.78 is 90.6. The Balaban J connectivity index is 0.000000242. The third kappa shape index (κ3) is 7.34. The van der Waals surface area contributed by atoms with Crippen LogP contribution in [0.2, 0.25) is 6.32 Å². The minimum Gasteiger partial charge on any atom is -0.292 e. The molecule has 1 nitrogen and oxygen atoms in total. The smallest absolute Gasteiger partial charge is 0.132 e. The van der Waals surface area contributed by atoms with Gasteiger partial charge in [0, 0.05) is 5.56 Å². The Kier molecular flexibility index (Phi) is 10.9. The van der Waals surface area contributed by atoms with Crippen molar-refractivity contribution in [3.63, 3.8) is 0 Å². The van der Waals surface area contributed by atoms with Gasteiger partial charge in [-0.15, -0.1) is 16.4 Å². The minimum atomic E-state index is -3.32. The molecule has 5 rings (SSSR count). The second-order valence-corrected chi connectivity index (χ2v) is 11.8. The molecule has 0 radical (unpaired) electrons. The van der Waals surface area contributed by atoms with E-state index in [9.17, 15) is 26.3 Å². The highest BCUT2D eigenvalue weighted by atomic mass is 19.2. The van der Waals surface area contributed by atoms with E-state index in [1.54, 1.807) is 6.92 Å². The number of rotatable bonds is 9. The molecule has 0 aliphatic rings. The fraction of sp³-hybridized carbons (Fsp3) is 0.189. The predicted molar refractivity (Wildman–Crippen MR) is 174 cm³/mol. The molecule has 0 spiro atoms. The number of unbranched alkanes of at least 4 members (excludes halogenated alkanes) is 1. The monoisotopic (exact) mass is 619 g/mol. The van der Waals surface area contributed by atoms with Gasteiger partial charge in [-0.1, -0.05) is 86.5 Å². The van der Waals surface area contributed by atoms with Crippen LogP contribution in [0.4, 0.5) is 32.0 Å². The van der Waals surface area contributed by atoms with Crippen molar-refractivity contribution in [1.82, 2.24) is 4.48 Å². The molecule has 5 aromatic carbocycles. The van der Waals surface area contributed by atoms with Crippen LogP contribution >= 0.6 is 0 Å². The number of para-hydroxylation sites is 1. The maximum atomic E-state index is 15.0. The summed E-state index contributed by atoms with van der Waals surface area (Å²) in [7, 11) is 4.48. The molecule has 0 unspecified atom stereocenters. The fourth-order valence-corrected chi connectivity index (χ4v) is 6.28. The van der Waals surface area contributed by atoms with Gasteiger partial charge in [0.25, 0.3) is 0 Å². The Morgan fingerprint density at radius 2 is 0.844 bits per heavy atom. The van der Waals surface area contributed by atoms with Gasteiger partial charge in [0.1, 0.15) is 18.4 Å². The highest BCUT2D eigenvalue weighted by molar-refractivity contribution is 7.11. The summed E-state index contributed by atoms with van der Waals surface area (Å²) in [5.74, 6) is -6.71. The summed E-state index contributed by atoms with van der Waals surface area (Å²) in [4.78, 5) is 0. The van der Waals surface area contributed by atoms with Crippen LogP contribution in [0.1, 0.15) is 25.3 Å². The summed E-state index contributed by atoms with van der Waals surface area (Å²) >= 11 is 0. The molecule has 0 bridgehead atoms. The normalized spacial score (nSPS) is 11.6. The van der Waals surface area contributed by atoms with Crippen LogP contribution in [0.5, 0.6) is 0 Å². The van der Waals surface area contributed by atoms with Gasteiger partial charge in [0.15, 0.2) is 0 Å². The molecule has 0 saturated carbocycles. The van der Waals surface area contributed by atoms with Crippen LogP contribution in [0.15, 0.2) is 115 Å². The van der Waals surface area contributed by atoms with Crippen molar-refractivity contribution >= 4 is 28.2 Å². The molecular formula is C37H36BF6N. The first-order valence-electron chi connectivity index (χ1n) is 15.0. The zero-order chi connectivity index (χ0) is 32.6. The number of halogens is 6. The maximum Gasteiger partial charge on any atom is 0.132 e. The second kappa shape index (κ2) is 14.7. The molecule has 0 aliphatic heterocycles. The van der Waals surface area contributed by atoms with Crippen molar-refractivity contribution in [3.05, 3.63) is 156 Å². The van der Waals surface area contributed by atoms with Crippen LogP contribution in [0.25, 0.3) is 0 Å². The van der Waals surface area contributed by atoms with Crippen molar-refractivity contribution in [1.29, 1.82) is 0 Å².